The first kappa shape index (κ1) is 17.2. The number of aliphatic carboxylic acids is 1. The first-order valence-corrected chi connectivity index (χ1v) is 9.70. The molecule has 26 heavy (non-hydrogen) atoms. The van der Waals surface area contributed by atoms with Crippen molar-refractivity contribution in [1.82, 2.24) is 4.90 Å². The van der Waals surface area contributed by atoms with E-state index in [9.17, 15) is 14.3 Å². The van der Waals surface area contributed by atoms with Gasteiger partial charge in [0.25, 0.3) is 0 Å². The maximum Gasteiger partial charge on any atom is 0.306 e. The second-order valence-corrected chi connectivity index (χ2v) is 7.70. The van der Waals surface area contributed by atoms with Crippen LogP contribution in [0.15, 0.2) is 53.9 Å². The zero-order chi connectivity index (χ0) is 18.1. The van der Waals surface area contributed by atoms with Crippen LogP contribution in [0.25, 0.3) is 10.1 Å². The van der Waals surface area contributed by atoms with E-state index in [-0.39, 0.29) is 17.8 Å². The fourth-order valence-corrected chi connectivity index (χ4v) is 4.86. The normalized spacial score (nSPS) is 17.4. The van der Waals surface area contributed by atoms with Crippen LogP contribution in [-0.4, -0.2) is 29.1 Å². The maximum absolute atomic E-state index is 13.9. The summed E-state index contributed by atoms with van der Waals surface area (Å²) in [5.41, 5.74) is 2.09. The molecule has 1 aromatic heterocycles. The van der Waals surface area contributed by atoms with Crippen molar-refractivity contribution in [3.8, 4) is 0 Å². The minimum atomic E-state index is -0.715. The summed E-state index contributed by atoms with van der Waals surface area (Å²) in [6.07, 6.45) is 1.26. The van der Waals surface area contributed by atoms with E-state index >= 15 is 0 Å². The second kappa shape index (κ2) is 7.17. The minimum absolute atomic E-state index is 0.0587. The Balaban J connectivity index is 1.74. The lowest BCUT2D eigenvalue weighted by Gasteiger charge is -2.37. The first-order valence-electron chi connectivity index (χ1n) is 8.82. The van der Waals surface area contributed by atoms with Crippen LogP contribution in [0.3, 0.4) is 0 Å². The summed E-state index contributed by atoms with van der Waals surface area (Å²) in [6, 6.07) is 15.0. The van der Waals surface area contributed by atoms with Gasteiger partial charge in [0, 0.05) is 4.70 Å². The number of nitrogens with zero attached hydrogens (tertiary/aromatic N) is 1. The third-order valence-corrected chi connectivity index (χ3v) is 6.20. The van der Waals surface area contributed by atoms with E-state index in [1.54, 1.807) is 23.5 Å². The van der Waals surface area contributed by atoms with Gasteiger partial charge in [0.15, 0.2) is 0 Å². The highest BCUT2D eigenvalue weighted by Crippen LogP contribution is 2.39. The summed E-state index contributed by atoms with van der Waals surface area (Å²) in [5.74, 6) is -1.24. The van der Waals surface area contributed by atoms with Gasteiger partial charge in [-0.25, -0.2) is 4.39 Å². The zero-order valence-corrected chi connectivity index (χ0v) is 15.1. The van der Waals surface area contributed by atoms with Crippen LogP contribution in [-0.2, 0) is 4.79 Å². The molecule has 3 nitrogen and oxygen atoms in total. The highest BCUT2D eigenvalue weighted by Gasteiger charge is 2.31. The molecule has 1 atom stereocenters. The standard InChI is InChI=1S/C21H20FNO2S/c22-16-5-3-4-15(12-16)20(23-10-8-14(9-11-23)21(24)25)18-13-26-19-7-2-1-6-17(18)19/h1-7,12-14,20H,8-11H2,(H,24,25). The molecule has 4 rings (SSSR count). The van der Waals surface area contributed by atoms with Crippen molar-refractivity contribution in [2.45, 2.75) is 18.9 Å². The van der Waals surface area contributed by atoms with Crippen molar-refractivity contribution in [3.63, 3.8) is 0 Å². The smallest absolute Gasteiger partial charge is 0.306 e. The van der Waals surface area contributed by atoms with Crippen molar-refractivity contribution >= 4 is 27.4 Å². The molecule has 0 amide bonds. The van der Waals surface area contributed by atoms with Crippen LogP contribution in [0.4, 0.5) is 4.39 Å². The third kappa shape index (κ3) is 3.24. The van der Waals surface area contributed by atoms with E-state index in [4.69, 9.17) is 0 Å². The number of carboxylic acid groups (broad SMARTS) is 1. The number of carbonyl (C=O) groups is 1. The molecular formula is C21H20FNO2S. The van der Waals surface area contributed by atoms with Crippen LogP contribution in [0.2, 0.25) is 0 Å². The molecule has 1 saturated heterocycles. The van der Waals surface area contributed by atoms with E-state index in [2.05, 4.69) is 22.4 Å². The fraction of sp³-hybridized carbons (Fsp3) is 0.286. The summed E-state index contributed by atoms with van der Waals surface area (Å²) >= 11 is 1.70. The topological polar surface area (TPSA) is 40.5 Å². The molecule has 0 bridgehead atoms. The number of thiophene rings is 1. The zero-order valence-electron chi connectivity index (χ0n) is 14.3. The molecule has 2 aromatic carbocycles. The second-order valence-electron chi connectivity index (χ2n) is 6.79. The number of benzene rings is 2. The lowest BCUT2D eigenvalue weighted by atomic mass is 9.91. The van der Waals surface area contributed by atoms with Crippen LogP contribution < -0.4 is 0 Å². The van der Waals surface area contributed by atoms with Crippen LogP contribution in [0, 0.1) is 11.7 Å². The summed E-state index contributed by atoms with van der Waals surface area (Å²) < 4.78 is 15.1. The lowest BCUT2D eigenvalue weighted by molar-refractivity contribution is -0.143. The van der Waals surface area contributed by atoms with Gasteiger partial charge in [0.05, 0.1) is 12.0 Å². The Bertz CT molecular complexity index is 930. The van der Waals surface area contributed by atoms with Crippen molar-refractivity contribution in [3.05, 3.63) is 70.9 Å². The van der Waals surface area contributed by atoms with E-state index < -0.39 is 5.97 Å². The van der Waals surface area contributed by atoms with Crippen LogP contribution >= 0.6 is 11.3 Å². The SMILES string of the molecule is O=C(O)C1CCN(C(c2cccc(F)c2)c2csc3ccccc23)CC1. The van der Waals surface area contributed by atoms with Gasteiger partial charge in [0.2, 0.25) is 0 Å². The van der Waals surface area contributed by atoms with Crippen LogP contribution in [0.5, 0.6) is 0 Å². The molecule has 1 unspecified atom stereocenters. The molecule has 0 radical (unpaired) electrons. The maximum atomic E-state index is 13.9. The average molecular weight is 369 g/mol. The molecule has 1 N–H and O–H groups in total. The Morgan fingerprint density at radius 1 is 1.15 bits per heavy atom. The van der Waals surface area contributed by atoms with Gasteiger partial charge < -0.3 is 5.11 Å². The number of fused-ring (bicyclic) bond motifs is 1. The molecule has 134 valence electrons. The number of halogens is 1. The largest absolute Gasteiger partial charge is 0.481 e. The monoisotopic (exact) mass is 369 g/mol. The van der Waals surface area contributed by atoms with Crippen molar-refractivity contribution < 1.29 is 14.3 Å². The molecule has 1 aliphatic rings. The number of rotatable bonds is 4. The minimum Gasteiger partial charge on any atom is -0.481 e. The Hall–Kier alpha value is -2.24. The quantitative estimate of drug-likeness (QED) is 0.709. The van der Waals surface area contributed by atoms with Gasteiger partial charge >= 0.3 is 5.97 Å². The van der Waals surface area contributed by atoms with Gasteiger partial charge in [-0.3, -0.25) is 9.69 Å². The highest BCUT2D eigenvalue weighted by molar-refractivity contribution is 7.17. The van der Waals surface area contributed by atoms with Crippen LogP contribution in [0.1, 0.15) is 30.0 Å². The molecule has 2 heterocycles. The Morgan fingerprint density at radius 2 is 1.92 bits per heavy atom. The summed E-state index contributed by atoms with van der Waals surface area (Å²) in [4.78, 5) is 13.6. The number of hydrogen-bond donors (Lipinski definition) is 1. The molecule has 0 aliphatic carbocycles. The Kier molecular flexibility index (Phi) is 4.74. The molecule has 0 saturated carbocycles. The number of likely N-dealkylation sites (tertiary alicyclic amines) is 1. The molecular weight excluding hydrogens is 349 g/mol. The van der Waals surface area contributed by atoms with E-state index in [0.29, 0.717) is 25.9 Å². The Labute approximate surface area is 155 Å². The molecule has 5 heteroatoms. The van der Waals surface area contributed by atoms with Gasteiger partial charge in [-0.05, 0) is 66.0 Å². The lowest BCUT2D eigenvalue weighted by Crippen LogP contribution is -2.39. The van der Waals surface area contributed by atoms with E-state index in [1.165, 1.54) is 21.7 Å². The van der Waals surface area contributed by atoms with E-state index in [1.807, 2.05) is 18.2 Å². The fourth-order valence-electron chi connectivity index (χ4n) is 3.88. The number of carboxylic acids is 1. The van der Waals surface area contributed by atoms with Crippen molar-refractivity contribution in [2.24, 2.45) is 5.92 Å². The molecule has 3 aromatic rings. The molecule has 0 spiro atoms. The highest BCUT2D eigenvalue weighted by atomic mass is 32.1. The summed E-state index contributed by atoms with van der Waals surface area (Å²) in [7, 11) is 0. The summed E-state index contributed by atoms with van der Waals surface area (Å²) in [6.45, 7) is 1.39. The van der Waals surface area contributed by atoms with Gasteiger partial charge in [-0.2, -0.15) is 0 Å². The predicted octanol–water partition coefficient (Wildman–Crippen LogP) is 4.93. The van der Waals surface area contributed by atoms with Crippen molar-refractivity contribution in [1.29, 1.82) is 0 Å². The van der Waals surface area contributed by atoms with Crippen molar-refractivity contribution in [2.75, 3.05) is 13.1 Å². The average Bonchev–Trinajstić information content (AvgIpc) is 3.07. The first-order chi connectivity index (χ1) is 12.6. The van der Waals surface area contributed by atoms with Gasteiger partial charge in [-0.1, -0.05) is 30.3 Å². The summed E-state index contributed by atoms with van der Waals surface area (Å²) in [5, 5.41) is 12.6. The third-order valence-electron chi connectivity index (χ3n) is 5.21. The Morgan fingerprint density at radius 3 is 2.65 bits per heavy atom. The van der Waals surface area contributed by atoms with E-state index in [0.717, 1.165) is 5.56 Å². The number of piperidine rings is 1. The van der Waals surface area contributed by atoms with Gasteiger partial charge in [-0.15, -0.1) is 11.3 Å². The number of hydrogen-bond acceptors (Lipinski definition) is 3. The molecule has 1 aliphatic heterocycles. The van der Waals surface area contributed by atoms with Gasteiger partial charge in [0.1, 0.15) is 5.82 Å². The molecule has 1 fully saturated rings. The predicted molar refractivity (Wildman–Crippen MR) is 102 cm³/mol.